The molecule has 3 aromatic rings. The summed E-state index contributed by atoms with van der Waals surface area (Å²) in [5.74, 6) is 0.563. The van der Waals surface area contributed by atoms with Gasteiger partial charge in [-0.2, -0.15) is 0 Å². The highest BCUT2D eigenvalue weighted by Gasteiger charge is 2.22. The zero-order chi connectivity index (χ0) is 20.9. The van der Waals surface area contributed by atoms with E-state index in [1.54, 1.807) is 48.2 Å². The number of aromatic nitrogens is 2. The van der Waals surface area contributed by atoms with Crippen molar-refractivity contribution in [3.63, 3.8) is 0 Å². The molecule has 1 heterocycles. The number of amides is 1. The monoisotopic (exact) mass is 448 g/mol. The van der Waals surface area contributed by atoms with E-state index in [0.717, 1.165) is 20.8 Å². The molecule has 29 heavy (non-hydrogen) atoms. The lowest BCUT2D eigenvalue weighted by atomic mass is 10.2. The summed E-state index contributed by atoms with van der Waals surface area (Å²) in [7, 11) is -2.26. The third-order valence-electron chi connectivity index (χ3n) is 3.93. The largest absolute Gasteiger partial charge is 0.296 e. The number of sulfonamides is 1. The molecule has 0 aliphatic carbocycles. The van der Waals surface area contributed by atoms with Gasteiger partial charge in [0, 0.05) is 18.4 Å². The Balaban J connectivity index is 1.76. The Kier molecular flexibility index (Phi) is 6.88. The Bertz CT molecular complexity index is 1080. The zero-order valence-corrected chi connectivity index (χ0v) is 18.4. The minimum Gasteiger partial charge on any atom is -0.296 e. The number of anilines is 2. The number of nitrogens with one attached hydrogen (secondary N) is 1. The maximum atomic E-state index is 12.8. The van der Waals surface area contributed by atoms with Crippen molar-refractivity contribution in [3.05, 3.63) is 60.2 Å². The van der Waals surface area contributed by atoms with Gasteiger partial charge in [-0.05, 0) is 36.8 Å². The second-order valence-corrected chi connectivity index (χ2v) is 10.3. The molecule has 0 spiro atoms. The molecular formula is C19H20N4O3S3. The quantitative estimate of drug-likeness (QED) is 0.412. The van der Waals surface area contributed by atoms with E-state index in [-0.39, 0.29) is 10.8 Å². The second kappa shape index (κ2) is 9.38. The summed E-state index contributed by atoms with van der Waals surface area (Å²) in [5, 5.41) is 11.1. The molecule has 10 heteroatoms. The van der Waals surface area contributed by atoms with Crippen LogP contribution in [-0.4, -0.2) is 37.3 Å². The number of carbonyl (C=O) groups excluding carboxylic acids is 1. The third kappa shape index (κ3) is 5.14. The number of hydrogen-bond donors (Lipinski definition) is 1. The first-order chi connectivity index (χ1) is 13.9. The van der Waals surface area contributed by atoms with Crippen LogP contribution in [0.5, 0.6) is 0 Å². The van der Waals surface area contributed by atoms with Crippen molar-refractivity contribution in [1.29, 1.82) is 0 Å². The van der Waals surface area contributed by atoms with Gasteiger partial charge < -0.3 is 0 Å². The number of hydrogen-bond acceptors (Lipinski definition) is 7. The maximum Gasteiger partial charge on any atom is 0.264 e. The molecule has 0 saturated heterocycles. The van der Waals surface area contributed by atoms with E-state index in [1.165, 1.54) is 36.6 Å². The summed E-state index contributed by atoms with van der Waals surface area (Å²) >= 11 is 2.90. The smallest absolute Gasteiger partial charge is 0.264 e. The lowest BCUT2D eigenvalue weighted by Crippen LogP contribution is -2.26. The molecule has 0 bridgehead atoms. The second-order valence-electron chi connectivity index (χ2n) is 6.01. The normalized spacial score (nSPS) is 11.2. The lowest BCUT2D eigenvalue weighted by Gasteiger charge is -2.20. The molecule has 0 fully saturated rings. The Morgan fingerprint density at radius 3 is 2.62 bits per heavy atom. The van der Waals surface area contributed by atoms with Crippen molar-refractivity contribution in [2.24, 2.45) is 0 Å². The molecule has 152 valence electrons. The van der Waals surface area contributed by atoms with Crippen molar-refractivity contribution in [1.82, 2.24) is 10.2 Å². The fourth-order valence-corrected chi connectivity index (χ4v) is 5.29. The van der Waals surface area contributed by atoms with Gasteiger partial charge >= 0.3 is 0 Å². The van der Waals surface area contributed by atoms with Crippen LogP contribution in [0.15, 0.2) is 63.8 Å². The van der Waals surface area contributed by atoms with Gasteiger partial charge in [-0.1, -0.05) is 54.3 Å². The Labute approximate surface area is 178 Å². The van der Waals surface area contributed by atoms with Crippen molar-refractivity contribution in [2.45, 2.75) is 22.6 Å². The van der Waals surface area contributed by atoms with Crippen molar-refractivity contribution < 1.29 is 13.2 Å². The van der Waals surface area contributed by atoms with Crippen LogP contribution in [0.1, 0.15) is 23.7 Å². The summed E-state index contributed by atoms with van der Waals surface area (Å²) in [5.41, 5.74) is 0.716. The topological polar surface area (TPSA) is 92.3 Å². The first kappa shape index (κ1) is 21.3. The molecule has 0 saturated carbocycles. The Morgan fingerprint density at radius 2 is 1.90 bits per heavy atom. The van der Waals surface area contributed by atoms with Crippen molar-refractivity contribution in [3.8, 4) is 0 Å². The number of thioether (sulfide) groups is 1. The maximum absolute atomic E-state index is 12.8. The van der Waals surface area contributed by atoms with E-state index >= 15 is 0 Å². The first-order valence-electron chi connectivity index (χ1n) is 8.83. The van der Waals surface area contributed by atoms with Crippen LogP contribution in [0.4, 0.5) is 10.8 Å². The molecular weight excluding hydrogens is 428 g/mol. The van der Waals surface area contributed by atoms with Gasteiger partial charge in [-0.25, -0.2) is 8.42 Å². The molecule has 2 aromatic carbocycles. The molecule has 1 aromatic heterocycles. The van der Waals surface area contributed by atoms with E-state index in [0.29, 0.717) is 16.4 Å². The van der Waals surface area contributed by atoms with Crippen molar-refractivity contribution >= 4 is 49.8 Å². The summed E-state index contributed by atoms with van der Waals surface area (Å²) in [6, 6.07) is 14.6. The van der Waals surface area contributed by atoms with Crippen LogP contribution in [0.2, 0.25) is 0 Å². The third-order valence-corrected chi connectivity index (χ3v) is 7.91. The molecule has 3 rings (SSSR count). The average Bonchev–Trinajstić information content (AvgIpc) is 3.19. The molecule has 0 aliphatic rings. The molecule has 1 amide bonds. The fourth-order valence-electron chi connectivity index (χ4n) is 2.41. The Morgan fingerprint density at radius 1 is 1.14 bits per heavy atom. The minimum atomic E-state index is -3.72. The van der Waals surface area contributed by atoms with Crippen LogP contribution in [0.3, 0.4) is 0 Å². The zero-order valence-electron chi connectivity index (χ0n) is 15.9. The molecule has 7 nitrogen and oxygen atoms in total. The van der Waals surface area contributed by atoms with Gasteiger partial charge in [0.15, 0.2) is 4.34 Å². The van der Waals surface area contributed by atoms with E-state index in [2.05, 4.69) is 22.4 Å². The van der Waals surface area contributed by atoms with Crippen LogP contribution in [0, 0.1) is 0 Å². The molecule has 0 aliphatic heterocycles. The van der Waals surface area contributed by atoms with Crippen LogP contribution < -0.4 is 9.62 Å². The predicted octanol–water partition coefficient (Wildman–Crippen LogP) is 4.12. The number of rotatable bonds is 8. The summed E-state index contributed by atoms with van der Waals surface area (Å²) in [4.78, 5) is 12.8. The number of benzene rings is 2. The summed E-state index contributed by atoms with van der Waals surface area (Å²) in [6.07, 6.45) is 1.03. The lowest BCUT2D eigenvalue weighted by molar-refractivity contribution is 0.102. The van der Waals surface area contributed by atoms with Gasteiger partial charge in [0.05, 0.1) is 10.6 Å². The molecule has 0 radical (unpaired) electrons. The SMILES string of the molecule is CCCSc1nnc(NC(=O)c2cccc(N(C)S(=O)(=O)c3ccccc3)c2)s1. The van der Waals surface area contributed by atoms with E-state index in [1.807, 2.05) is 0 Å². The van der Waals surface area contributed by atoms with Gasteiger partial charge in [0.2, 0.25) is 5.13 Å². The van der Waals surface area contributed by atoms with E-state index in [4.69, 9.17) is 0 Å². The van der Waals surface area contributed by atoms with Gasteiger partial charge in [0.1, 0.15) is 0 Å². The van der Waals surface area contributed by atoms with Gasteiger partial charge in [0.25, 0.3) is 15.9 Å². The molecule has 0 atom stereocenters. The summed E-state index contributed by atoms with van der Waals surface area (Å²) < 4.78 is 27.6. The van der Waals surface area contributed by atoms with Crippen molar-refractivity contribution in [2.75, 3.05) is 22.4 Å². The highest BCUT2D eigenvalue weighted by Crippen LogP contribution is 2.27. The predicted molar refractivity (Wildman–Crippen MR) is 117 cm³/mol. The highest BCUT2D eigenvalue weighted by atomic mass is 32.2. The highest BCUT2D eigenvalue weighted by molar-refractivity contribution is 8.01. The van der Waals surface area contributed by atoms with Crippen LogP contribution in [0.25, 0.3) is 0 Å². The molecule has 0 unspecified atom stereocenters. The van der Waals surface area contributed by atoms with E-state index in [9.17, 15) is 13.2 Å². The molecule has 1 N–H and O–H groups in total. The standard InChI is InChI=1S/C19H20N4O3S3/c1-3-12-27-19-22-21-18(28-19)20-17(24)14-8-7-9-15(13-14)23(2)29(25,26)16-10-5-4-6-11-16/h4-11,13H,3,12H2,1-2H3,(H,20,21,24). The van der Waals surface area contributed by atoms with Gasteiger partial charge in [-0.15, -0.1) is 10.2 Å². The summed E-state index contributed by atoms with van der Waals surface area (Å²) in [6.45, 7) is 2.08. The fraction of sp³-hybridized carbons (Fsp3) is 0.211. The number of carbonyl (C=O) groups is 1. The minimum absolute atomic E-state index is 0.184. The van der Waals surface area contributed by atoms with E-state index < -0.39 is 10.0 Å². The van der Waals surface area contributed by atoms with Gasteiger partial charge in [-0.3, -0.25) is 14.4 Å². The number of nitrogens with zero attached hydrogens (tertiary/aromatic N) is 3. The van der Waals surface area contributed by atoms with Crippen LogP contribution in [-0.2, 0) is 10.0 Å². The van der Waals surface area contributed by atoms with Crippen LogP contribution >= 0.6 is 23.1 Å². The average molecular weight is 449 g/mol. The Hall–Kier alpha value is -2.43. The first-order valence-corrected chi connectivity index (χ1v) is 12.1.